The second-order valence-electron chi connectivity index (χ2n) is 5.02. The van der Waals surface area contributed by atoms with E-state index in [0.29, 0.717) is 17.1 Å². The van der Waals surface area contributed by atoms with Gasteiger partial charge < -0.3 is 5.32 Å². The monoisotopic (exact) mass is 326 g/mol. The summed E-state index contributed by atoms with van der Waals surface area (Å²) in [5.41, 5.74) is 2.95. The Morgan fingerprint density at radius 3 is 2.74 bits per heavy atom. The molecule has 2 heterocycles. The molecule has 2 aromatic heterocycles. The van der Waals surface area contributed by atoms with Gasteiger partial charge in [0.05, 0.1) is 34.2 Å². The molecule has 1 aromatic carbocycles. The summed E-state index contributed by atoms with van der Waals surface area (Å²) in [4.78, 5) is 16.5. The first-order valence-electron chi connectivity index (χ1n) is 7.12. The first-order chi connectivity index (χ1) is 11.1. The third-order valence-corrected chi connectivity index (χ3v) is 3.74. The fourth-order valence-corrected chi connectivity index (χ4v) is 2.50. The standard InChI is InChI=1S/C17H15ClN4O/c1-22-16(15-8-4-5-9-19-15)10-12(21-22)11-20-17(23)13-6-2-3-7-14(13)18/h2-10H,11H2,1H3,(H,20,23). The molecule has 0 unspecified atom stereocenters. The molecule has 0 saturated carbocycles. The van der Waals surface area contributed by atoms with Crippen molar-refractivity contribution in [2.45, 2.75) is 6.54 Å². The van der Waals surface area contributed by atoms with E-state index in [-0.39, 0.29) is 5.91 Å². The molecule has 0 radical (unpaired) electrons. The summed E-state index contributed by atoms with van der Waals surface area (Å²) in [5.74, 6) is -0.222. The van der Waals surface area contributed by atoms with E-state index in [1.807, 2.05) is 31.3 Å². The van der Waals surface area contributed by atoms with Crippen molar-refractivity contribution in [2.24, 2.45) is 7.05 Å². The Morgan fingerprint density at radius 1 is 1.22 bits per heavy atom. The number of carbonyl (C=O) groups excluding carboxylic acids is 1. The van der Waals surface area contributed by atoms with Crippen LogP contribution >= 0.6 is 11.6 Å². The molecule has 0 fully saturated rings. The normalized spacial score (nSPS) is 10.5. The molecule has 0 aliphatic rings. The molecule has 6 heteroatoms. The maximum Gasteiger partial charge on any atom is 0.253 e. The number of amides is 1. The molecule has 0 aliphatic carbocycles. The molecular formula is C17H15ClN4O. The highest BCUT2D eigenvalue weighted by Crippen LogP contribution is 2.17. The van der Waals surface area contributed by atoms with Crippen molar-refractivity contribution in [3.8, 4) is 11.4 Å². The first kappa shape index (κ1) is 15.2. The molecule has 0 saturated heterocycles. The van der Waals surface area contributed by atoms with Gasteiger partial charge in [0, 0.05) is 13.2 Å². The summed E-state index contributed by atoms with van der Waals surface area (Å²) in [6, 6.07) is 14.6. The van der Waals surface area contributed by atoms with Crippen LogP contribution in [0.2, 0.25) is 5.02 Å². The number of hydrogen-bond donors (Lipinski definition) is 1. The van der Waals surface area contributed by atoms with Crippen LogP contribution in [0.25, 0.3) is 11.4 Å². The van der Waals surface area contributed by atoms with Gasteiger partial charge in [-0.3, -0.25) is 14.5 Å². The number of halogens is 1. The van der Waals surface area contributed by atoms with E-state index in [1.54, 1.807) is 35.1 Å². The van der Waals surface area contributed by atoms with Crippen molar-refractivity contribution >= 4 is 17.5 Å². The number of nitrogens with one attached hydrogen (secondary N) is 1. The molecule has 23 heavy (non-hydrogen) atoms. The summed E-state index contributed by atoms with van der Waals surface area (Å²) in [6.45, 7) is 0.324. The number of pyridine rings is 1. The topological polar surface area (TPSA) is 59.8 Å². The van der Waals surface area contributed by atoms with E-state index in [9.17, 15) is 4.79 Å². The zero-order chi connectivity index (χ0) is 16.2. The van der Waals surface area contributed by atoms with Crippen molar-refractivity contribution in [3.05, 3.63) is 71.0 Å². The molecule has 116 valence electrons. The lowest BCUT2D eigenvalue weighted by molar-refractivity contribution is 0.0950. The zero-order valence-corrected chi connectivity index (χ0v) is 13.3. The molecule has 1 amide bonds. The van der Waals surface area contributed by atoms with E-state index in [0.717, 1.165) is 17.1 Å². The Kier molecular flexibility index (Phi) is 4.39. The summed E-state index contributed by atoms with van der Waals surface area (Å²) in [6.07, 6.45) is 1.74. The van der Waals surface area contributed by atoms with Gasteiger partial charge in [-0.25, -0.2) is 0 Å². The average Bonchev–Trinajstić information content (AvgIpc) is 2.95. The van der Waals surface area contributed by atoms with Crippen LogP contribution in [0.4, 0.5) is 0 Å². The molecule has 3 aromatic rings. The Hall–Kier alpha value is -2.66. The van der Waals surface area contributed by atoms with Crippen LogP contribution in [-0.4, -0.2) is 20.7 Å². The van der Waals surface area contributed by atoms with Crippen LogP contribution in [0.3, 0.4) is 0 Å². The lowest BCUT2D eigenvalue weighted by atomic mass is 10.2. The summed E-state index contributed by atoms with van der Waals surface area (Å²) < 4.78 is 1.75. The largest absolute Gasteiger partial charge is 0.346 e. The summed E-state index contributed by atoms with van der Waals surface area (Å²) in [5, 5.41) is 7.66. The minimum Gasteiger partial charge on any atom is -0.346 e. The van der Waals surface area contributed by atoms with E-state index < -0.39 is 0 Å². The van der Waals surface area contributed by atoms with Gasteiger partial charge in [0.2, 0.25) is 0 Å². The van der Waals surface area contributed by atoms with Crippen LogP contribution in [0.5, 0.6) is 0 Å². The Morgan fingerprint density at radius 2 is 2.00 bits per heavy atom. The zero-order valence-electron chi connectivity index (χ0n) is 12.5. The van der Waals surface area contributed by atoms with Crippen molar-refractivity contribution in [2.75, 3.05) is 0 Å². The lowest BCUT2D eigenvalue weighted by Crippen LogP contribution is -2.23. The fraction of sp³-hybridized carbons (Fsp3) is 0.118. The van der Waals surface area contributed by atoms with Crippen LogP contribution in [-0.2, 0) is 13.6 Å². The van der Waals surface area contributed by atoms with Crippen LogP contribution in [0.1, 0.15) is 16.1 Å². The molecule has 1 N–H and O–H groups in total. The minimum atomic E-state index is -0.222. The minimum absolute atomic E-state index is 0.222. The number of carbonyl (C=O) groups is 1. The van der Waals surface area contributed by atoms with Crippen LogP contribution in [0, 0.1) is 0 Å². The van der Waals surface area contributed by atoms with Gasteiger partial charge in [0.25, 0.3) is 5.91 Å². The second kappa shape index (κ2) is 6.62. The summed E-state index contributed by atoms with van der Waals surface area (Å²) in [7, 11) is 1.85. The van der Waals surface area contributed by atoms with E-state index >= 15 is 0 Å². The van der Waals surface area contributed by atoms with Gasteiger partial charge in [-0.1, -0.05) is 29.8 Å². The molecule has 0 atom stereocenters. The smallest absolute Gasteiger partial charge is 0.253 e. The highest BCUT2D eigenvalue weighted by atomic mass is 35.5. The van der Waals surface area contributed by atoms with Crippen molar-refractivity contribution in [1.82, 2.24) is 20.1 Å². The summed E-state index contributed by atoms with van der Waals surface area (Å²) >= 11 is 6.02. The lowest BCUT2D eigenvalue weighted by Gasteiger charge is -2.04. The average molecular weight is 327 g/mol. The maximum absolute atomic E-state index is 12.2. The quantitative estimate of drug-likeness (QED) is 0.801. The Balaban J connectivity index is 1.72. The van der Waals surface area contributed by atoms with Gasteiger partial charge in [-0.15, -0.1) is 0 Å². The van der Waals surface area contributed by atoms with Crippen molar-refractivity contribution < 1.29 is 4.79 Å². The SMILES string of the molecule is Cn1nc(CNC(=O)c2ccccc2Cl)cc1-c1ccccn1. The van der Waals surface area contributed by atoms with Crippen LogP contribution < -0.4 is 5.32 Å². The van der Waals surface area contributed by atoms with Gasteiger partial charge in [0.1, 0.15) is 0 Å². The number of rotatable bonds is 4. The van der Waals surface area contributed by atoms with Gasteiger partial charge in [0.15, 0.2) is 0 Å². The third-order valence-electron chi connectivity index (χ3n) is 3.41. The first-order valence-corrected chi connectivity index (χ1v) is 7.50. The van der Waals surface area contributed by atoms with Crippen LogP contribution in [0.15, 0.2) is 54.7 Å². The maximum atomic E-state index is 12.2. The molecule has 3 rings (SSSR count). The highest BCUT2D eigenvalue weighted by molar-refractivity contribution is 6.33. The van der Waals surface area contributed by atoms with E-state index in [1.165, 1.54) is 0 Å². The molecule has 5 nitrogen and oxygen atoms in total. The molecule has 0 spiro atoms. The van der Waals surface area contributed by atoms with Crippen molar-refractivity contribution in [3.63, 3.8) is 0 Å². The molecule has 0 bridgehead atoms. The fourth-order valence-electron chi connectivity index (χ4n) is 2.28. The second-order valence-corrected chi connectivity index (χ2v) is 5.43. The number of benzene rings is 1. The van der Waals surface area contributed by atoms with E-state index in [2.05, 4.69) is 15.4 Å². The van der Waals surface area contributed by atoms with Crippen molar-refractivity contribution in [1.29, 1.82) is 0 Å². The van der Waals surface area contributed by atoms with Gasteiger partial charge >= 0.3 is 0 Å². The molecular weight excluding hydrogens is 312 g/mol. The number of aryl methyl sites for hydroxylation is 1. The predicted octanol–water partition coefficient (Wildman–Crippen LogP) is 3.07. The number of aromatic nitrogens is 3. The van der Waals surface area contributed by atoms with Gasteiger partial charge in [-0.05, 0) is 30.3 Å². The Bertz CT molecular complexity index is 830. The van der Waals surface area contributed by atoms with Gasteiger partial charge in [-0.2, -0.15) is 5.10 Å². The third kappa shape index (κ3) is 3.40. The predicted molar refractivity (Wildman–Crippen MR) is 89.1 cm³/mol. The number of nitrogens with zero attached hydrogens (tertiary/aromatic N) is 3. The Labute approximate surface area is 138 Å². The highest BCUT2D eigenvalue weighted by Gasteiger charge is 2.12. The number of hydrogen-bond acceptors (Lipinski definition) is 3. The van der Waals surface area contributed by atoms with E-state index in [4.69, 9.17) is 11.6 Å². The molecule has 0 aliphatic heterocycles.